The van der Waals surface area contributed by atoms with Crippen molar-refractivity contribution >= 4 is 12.0 Å². The van der Waals surface area contributed by atoms with Gasteiger partial charge in [0.05, 0.1) is 31.5 Å². The van der Waals surface area contributed by atoms with Crippen LogP contribution in [0.25, 0.3) is 0 Å². The van der Waals surface area contributed by atoms with Crippen LogP contribution in [-0.2, 0) is 21.3 Å². The molecule has 3 rings (SSSR count). The van der Waals surface area contributed by atoms with Crippen LogP contribution in [0.5, 0.6) is 0 Å². The van der Waals surface area contributed by atoms with Gasteiger partial charge < -0.3 is 19.3 Å². The third-order valence-electron chi connectivity index (χ3n) is 4.45. The molecule has 2 saturated heterocycles. The van der Waals surface area contributed by atoms with E-state index >= 15 is 0 Å². The molecule has 0 aromatic carbocycles. The summed E-state index contributed by atoms with van der Waals surface area (Å²) >= 11 is 0. The Labute approximate surface area is 147 Å². The maximum Gasteiger partial charge on any atom is 0.410 e. The molecular formula is C16H25N5O4. The Kier molecular flexibility index (Phi) is 5.24. The summed E-state index contributed by atoms with van der Waals surface area (Å²) < 4.78 is 12.6. The van der Waals surface area contributed by atoms with Gasteiger partial charge in [-0.2, -0.15) is 5.10 Å². The van der Waals surface area contributed by atoms with Crippen molar-refractivity contribution in [2.45, 2.75) is 12.1 Å². The van der Waals surface area contributed by atoms with Crippen molar-refractivity contribution < 1.29 is 19.1 Å². The van der Waals surface area contributed by atoms with Gasteiger partial charge in [0.2, 0.25) is 5.91 Å². The number of amides is 2. The molecule has 3 heterocycles. The normalized spacial score (nSPS) is 24.1. The number of carbonyl (C=O) groups excluding carboxylic acids is 2. The second-order valence-corrected chi connectivity index (χ2v) is 6.69. The molecule has 138 valence electrons. The molecule has 0 spiro atoms. The standard InChI is InChI=1S/C16H25N5O4/c1-18(2)10-13-15(12-8-17-19(3)9-12)21(5-7-24-13)14(22)11-20-4-6-25-16(20)23/h8-9,13,15H,4-7,10-11H2,1-3H3/t13-,15-/m0/s1. The van der Waals surface area contributed by atoms with Crippen LogP contribution < -0.4 is 0 Å². The summed E-state index contributed by atoms with van der Waals surface area (Å²) in [6.07, 6.45) is 3.10. The van der Waals surface area contributed by atoms with E-state index < -0.39 is 6.09 Å². The van der Waals surface area contributed by atoms with Crippen LogP contribution in [0.3, 0.4) is 0 Å². The van der Waals surface area contributed by atoms with Crippen molar-refractivity contribution in [3.63, 3.8) is 0 Å². The van der Waals surface area contributed by atoms with Crippen molar-refractivity contribution in [1.29, 1.82) is 0 Å². The molecule has 2 fully saturated rings. The van der Waals surface area contributed by atoms with Crippen molar-refractivity contribution in [2.75, 3.05) is 53.5 Å². The van der Waals surface area contributed by atoms with Crippen LogP contribution >= 0.6 is 0 Å². The highest BCUT2D eigenvalue weighted by molar-refractivity contribution is 5.83. The Morgan fingerprint density at radius 2 is 2.16 bits per heavy atom. The summed E-state index contributed by atoms with van der Waals surface area (Å²) in [6, 6.07) is -0.226. The van der Waals surface area contributed by atoms with E-state index in [9.17, 15) is 9.59 Å². The second-order valence-electron chi connectivity index (χ2n) is 6.69. The Bertz CT molecular complexity index is 632. The molecule has 1 aromatic heterocycles. The molecule has 9 heteroatoms. The highest BCUT2D eigenvalue weighted by Gasteiger charge is 2.38. The number of nitrogens with zero attached hydrogens (tertiary/aromatic N) is 5. The van der Waals surface area contributed by atoms with Crippen molar-refractivity contribution in [1.82, 2.24) is 24.5 Å². The monoisotopic (exact) mass is 351 g/mol. The lowest BCUT2D eigenvalue weighted by molar-refractivity contribution is -0.148. The maximum atomic E-state index is 12.9. The Morgan fingerprint density at radius 1 is 1.36 bits per heavy atom. The predicted molar refractivity (Wildman–Crippen MR) is 88.9 cm³/mol. The number of ether oxygens (including phenoxy) is 2. The molecule has 1 aromatic rings. The lowest BCUT2D eigenvalue weighted by Crippen LogP contribution is -2.53. The third kappa shape index (κ3) is 3.93. The zero-order valence-corrected chi connectivity index (χ0v) is 14.9. The van der Waals surface area contributed by atoms with Gasteiger partial charge >= 0.3 is 6.09 Å². The van der Waals surface area contributed by atoms with Gasteiger partial charge in [0.25, 0.3) is 0 Å². The predicted octanol–water partition coefficient (Wildman–Crippen LogP) is -0.298. The summed E-state index contributed by atoms with van der Waals surface area (Å²) in [5.74, 6) is -0.0974. The minimum absolute atomic E-state index is 0.0320. The molecule has 0 saturated carbocycles. The number of morpholine rings is 1. The SMILES string of the molecule is CN(C)C[C@@H]1OCCN(C(=O)CN2CCOC2=O)[C@H]1c1cnn(C)c1. The van der Waals surface area contributed by atoms with Crippen LogP contribution in [0.15, 0.2) is 12.4 Å². The molecule has 0 unspecified atom stereocenters. The number of rotatable bonds is 5. The van der Waals surface area contributed by atoms with Gasteiger partial charge in [0, 0.05) is 31.9 Å². The highest BCUT2D eigenvalue weighted by Crippen LogP contribution is 2.30. The number of aryl methyl sites for hydroxylation is 1. The molecule has 2 aliphatic rings. The first-order valence-electron chi connectivity index (χ1n) is 8.41. The van der Waals surface area contributed by atoms with E-state index in [4.69, 9.17) is 9.47 Å². The first kappa shape index (κ1) is 17.7. The molecule has 2 atom stereocenters. The molecule has 2 amide bonds. The van der Waals surface area contributed by atoms with E-state index in [0.29, 0.717) is 32.8 Å². The Hall–Kier alpha value is -2.13. The van der Waals surface area contributed by atoms with E-state index in [1.165, 1.54) is 4.90 Å². The van der Waals surface area contributed by atoms with Gasteiger partial charge in [-0.25, -0.2) is 4.79 Å². The number of carbonyl (C=O) groups is 2. The van der Waals surface area contributed by atoms with Gasteiger partial charge in [-0.3, -0.25) is 14.4 Å². The summed E-state index contributed by atoms with van der Waals surface area (Å²) in [4.78, 5) is 29.8. The Morgan fingerprint density at radius 3 is 2.76 bits per heavy atom. The zero-order valence-electron chi connectivity index (χ0n) is 14.9. The van der Waals surface area contributed by atoms with Crippen molar-refractivity contribution in [3.8, 4) is 0 Å². The van der Waals surface area contributed by atoms with Gasteiger partial charge in [0.15, 0.2) is 0 Å². The van der Waals surface area contributed by atoms with Crippen molar-refractivity contribution in [2.24, 2.45) is 7.05 Å². The molecule has 0 aliphatic carbocycles. The lowest BCUT2D eigenvalue weighted by Gasteiger charge is -2.42. The summed E-state index contributed by atoms with van der Waals surface area (Å²) in [5.41, 5.74) is 0.936. The fourth-order valence-corrected chi connectivity index (χ4v) is 3.34. The molecule has 0 bridgehead atoms. The zero-order chi connectivity index (χ0) is 18.0. The fraction of sp³-hybridized carbons (Fsp3) is 0.688. The average molecular weight is 351 g/mol. The van der Waals surface area contributed by atoms with Gasteiger partial charge in [-0.05, 0) is 14.1 Å². The van der Waals surface area contributed by atoms with Gasteiger partial charge in [0.1, 0.15) is 13.2 Å². The van der Waals surface area contributed by atoms with E-state index in [1.807, 2.05) is 32.2 Å². The highest BCUT2D eigenvalue weighted by atomic mass is 16.6. The molecule has 0 N–H and O–H groups in total. The fourth-order valence-electron chi connectivity index (χ4n) is 3.34. The second kappa shape index (κ2) is 7.40. The minimum Gasteiger partial charge on any atom is -0.448 e. The average Bonchev–Trinajstić information content (AvgIpc) is 3.15. The van der Waals surface area contributed by atoms with Crippen molar-refractivity contribution in [3.05, 3.63) is 18.0 Å². The maximum absolute atomic E-state index is 12.9. The minimum atomic E-state index is -0.427. The van der Waals surface area contributed by atoms with Crippen LogP contribution in [0, 0.1) is 0 Å². The third-order valence-corrected chi connectivity index (χ3v) is 4.45. The van der Waals surface area contributed by atoms with E-state index in [2.05, 4.69) is 5.10 Å². The number of likely N-dealkylation sites (N-methyl/N-ethyl adjacent to an activating group) is 1. The lowest BCUT2D eigenvalue weighted by atomic mass is 10.00. The van der Waals surface area contributed by atoms with Gasteiger partial charge in [-0.1, -0.05) is 0 Å². The topological polar surface area (TPSA) is 80.1 Å². The van der Waals surface area contributed by atoms with E-state index in [-0.39, 0.29) is 24.6 Å². The van der Waals surface area contributed by atoms with E-state index in [0.717, 1.165) is 5.56 Å². The quantitative estimate of drug-likeness (QED) is 0.725. The number of aromatic nitrogens is 2. The van der Waals surface area contributed by atoms with Crippen LogP contribution in [-0.4, -0.2) is 96.1 Å². The van der Waals surface area contributed by atoms with Crippen LogP contribution in [0.1, 0.15) is 11.6 Å². The number of hydrogen-bond acceptors (Lipinski definition) is 6. The number of hydrogen-bond donors (Lipinski definition) is 0. The van der Waals surface area contributed by atoms with Crippen LogP contribution in [0.4, 0.5) is 4.79 Å². The molecule has 9 nitrogen and oxygen atoms in total. The summed E-state index contributed by atoms with van der Waals surface area (Å²) in [5, 5.41) is 4.24. The molecule has 25 heavy (non-hydrogen) atoms. The summed E-state index contributed by atoms with van der Waals surface area (Å²) in [6.45, 7) is 2.48. The van der Waals surface area contributed by atoms with E-state index in [1.54, 1.807) is 15.8 Å². The Balaban J connectivity index is 1.81. The smallest absolute Gasteiger partial charge is 0.410 e. The molecule has 2 aliphatic heterocycles. The largest absolute Gasteiger partial charge is 0.448 e. The first-order chi connectivity index (χ1) is 12.0. The number of cyclic esters (lactones) is 1. The molecular weight excluding hydrogens is 326 g/mol. The molecule has 0 radical (unpaired) electrons. The van der Waals surface area contributed by atoms with Gasteiger partial charge in [-0.15, -0.1) is 0 Å². The first-order valence-corrected chi connectivity index (χ1v) is 8.41. The summed E-state index contributed by atoms with van der Waals surface area (Å²) in [7, 11) is 5.80. The van der Waals surface area contributed by atoms with Crippen LogP contribution in [0.2, 0.25) is 0 Å².